The minimum Gasteiger partial charge on any atom is -0.508 e. The van der Waals surface area contributed by atoms with E-state index in [0.29, 0.717) is 11.1 Å². The molecule has 0 heterocycles. The van der Waals surface area contributed by atoms with Crippen LogP contribution in [0.2, 0.25) is 0 Å². The molecule has 0 saturated heterocycles. The van der Waals surface area contributed by atoms with E-state index in [0.717, 1.165) is 0 Å². The third-order valence-electron chi connectivity index (χ3n) is 2.61. The van der Waals surface area contributed by atoms with Gasteiger partial charge in [-0.1, -0.05) is 12.1 Å². The van der Waals surface area contributed by atoms with Crippen LogP contribution in [0.25, 0.3) is 0 Å². The molecule has 0 saturated carbocycles. The second-order valence-electron chi connectivity index (χ2n) is 3.85. The molecule has 0 radical (unpaired) electrons. The molecule has 2 rings (SSSR count). The summed E-state index contributed by atoms with van der Waals surface area (Å²) in [5.74, 6) is -0.146. The number of carbonyl (C=O) groups is 1. The molecule has 0 aliphatic carbocycles. The fourth-order valence-electron chi connectivity index (χ4n) is 1.61. The molecule has 3 heteroatoms. The van der Waals surface area contributed by atoms with E-state index in [4.69, 9.17) is 5.11 Å². The second-order valence-corrected chi connectivity index (χ2v) is 3.85. The highest BCUT2D eigenvalue weighted by Crippen LogP contribution is 2.24. The van der Waals surface area contributed by atoms with Gasteiger partial charge in [0, 0.05) is 5.56 Å². The summed E-state index contributed by atoms with van der Waals surface area (Å²) in [6.45, 7) is 1.74. The highest BCUT2D eigenvalue weighted by atomic mass is 16.3. The fraction of sp³-hybridized carbons (Fsp3) is 0.0714. The lowest BCUT2D eigenvalue weighted by Gasteiger charge is -2.06. The van der Waals surface area contributed by atoms with Crippen molar-refractivity contribution in [2.75, 3.05) is 0 Å². The maximum absolute atomic E-state index is 12.1. The van der Waals surface area contributed by atoms with Crippen molar-refractivity contribution in [3.63, 3.8) is 0 Å². The van der Waals surface area contributed by atoms with E-state index in [9.17, 15) is 9.90 Å². The van der Waals surface area contributed by atoms with Crippen LogP contribution in [-0.4, -0.2) is 16.0 Å². The summed E-state index contributed by atoms with van der Waals surface area (Å²) in [6, 6.07) is 11.0. The summed E-state index contributed by atoms with van der Waals surface area (Å²) < 4.78 is 0. The van der Waals surface area contributed by atoms with Crippen molar-refractivity contribution in [1.29, 1.82) is 0 Å². The Morgan fingerprint density at radius 2 is 1.65 bits per heavy atom. The molecule has 0 spiro atoms. The summed E-state index contributed by atoms with van der Waals surface area (Å²) in [4.78, 5) is 12.1. The molecular formula is C14H12O3. The van der Waals surface area contributed by atoms with Gasteiger partial charge in [0.25, 0.3) is 0 Å². The molecule has 0 aliphatic rings. The van der Waals surface area contributed by atoms with Gasteiger partial charge < -0.3 is 10.2 Å². The number of ketones is 1. The van der Waals surface area contributed by atoms with Crippen molar-refractivity contribution in [2.24, 2.45) is 0 Å². The van der Waals surface area contributed by atoms with Crippen molar-refractivity contribution < 1.29 is 15.0 Å². The van der Waals surface area contributed by atoms with Crippen LogP contribution < -0.4 is 0 Å². The van der Waals surface area contributed by atoms with E-state index in [1.807, 2.05) is 0 Å². The lowest BCUT2D eigenvalue weighted by atomic mass is 10.0. The topological polar surface area (TPSA) is 57.5 Å². The Morgan fingerprint density at radius 1 is 1.00 bits per heavy atom. The minimum absolute atomic E-state index is 0.00516. The second kappa shape index (κ2) is 4.29. The van der Waals surface area contributed by atoms with E-state index < -0.39 is 0 Å². The van der Waals surface area contributed by atoms with Crippen LogP contribution in [0.3, 0.4) is 0 Å². The number of carbonyl (C=O) groups excluding carboxylic acids is 1. The summed E-state index contributed by atoms with van der Waals surface area (Å²) in [7, 11) is 0. The summed E-state index contributed by atoms with van der Waals surface area (Å²) in [6.07, 6.45) is 0. The zero-order valence-electron chi connectivity index (χ0n) is 9.34. The van der Waals surface area contributed by atoms with Crippen LogP contribution in [0, 0.1) is 6.92 Å². The predicted molar refractivity (Wildman–Crippen MR) is 64.4 cm³/mol. The Hall–Kier alpha value is -2.29. The van der Waals surface area contributed by atoms with E-state index in [1.165, 1.54) is 24.3 Å². The zero-order chi connectivity index (χ0) is 12.4. The number of aromatic hydroxyl groups is 2. The number of aryl methyl sites for hydroxylation is 1. The van der Waals surface area contributed by atoms with E-state index >= 15 is 0 Å². The largest absolute Gasteiger partial charge is 0.508 e. The third-order valence-corrected chi connectivity index (χ3v) is 2.61. The number of hydrogen-bond acceptors (Lipinski definition) is 3. The van der Waals surface area contributed by atoms with Gasteiger partial charge in [0.15, 0.2) is 5.78 Å². The smallest absolute Gasteiger partial charge is 0.196 e. The van der Waals surface area contributed by atoms with Gasteiger partial charge in [-0.05, 0) is 42.8 Å². The fourth-order valence-corrected chi connectivity index (χ4v) is 1.61. The number of para-hydroxylation sites is 1. The van der Waals surface area contributed by atoms with Crippen LogP contribution in [0.5, 0.6) is 11.5 Å². The van der Waals surface area contributed by atoms with Crippen molar-refractivity contribution in [1.82, 2.24) is 0 Å². The van der Waals surface area contributed by atoms with Crippen molar-refractivity contribution in [3.8, 4) is 11.5 Å². The predicted octanol–water partition coefficient (Wildman–Crippen LogP) is 2.64. The number of benzene rings is 2. The summed E-state index contributed by atoms with van der Waals surface area (Å²) in [5, 5.41) is 19.0. The van der Waals surface area contributed by atoms with Crippen LogP contribution in [0.1, 0.15) is 21.5 Å². The molecule has 0 bridgehead atoms. The summed E-state index contributed by atoms with van der Waals surface area (Å²) >= 11 is 0. The Kier molecular flexibility index (Phi) is 2.83. The van der Waals surface area contributed by atoms with Crippen LogP contribution in [0.15, 0.2) is 42.5 Å². The molecule has 0 aromatic heterocycles. The standard InChI is InChI=1S/C14H12O3/c1-9-3-2-4-12(13(9)16)14(17)10-5-7-11(15)8-6-10/h2-8,15-16H,1H3. The van der Waals surface area contributed by atoms with E-state index in [-0.39, 0.29) is 22.8 Å². The molecule has 2 N–H and O–H groups in total. The van der Waals surface area contributed by atoms with Gasteiger partial charge in [-0.3, -0.25) is 4.79 Å². The van der Waals surface area contributed by atoms with Crippen LogP contribution in [0.4, 0.5) is 0 Å². The van der Waals surface area contributed by atoms with Gasteiger partial charge in [-0.15, -0.1) is 0 Å². The third kappa shape index (κ3) is 2.13. The molecule has 0 unspecified atom stereocenters. The lowest BCUT2D eigenvalue weighted by molar-refractivity contribution is 0.103. The highest BCUT2D eigenvalue weighted by molar-refractivity contribution is 6.10. The van der Waals surface area contributed by atoms with Crippen molar-refractivity contribution in [3.05, 3.63) is 59.2 Å². The van der Waals surface area contributed by atoms with Crippen molar-refractivity contribution >= 4 is 5.78 Å². The first-order valence-electron chi connectivity index (χ1n) is 5.22. The average Bonchev–Trinajstić information content (AvgIpc) is 2.33. The van der Waals surface area contributed by atoms with E-state index in [1.54, 1.807) is 25.1 Å². The van der Waals surface area contributed by atoms with Gasteiger partial charge in [0.2, 0.25) is 0 Å². The van der Waals surface area contributed by atoms with Crippen LogP contribution in [-0.2, 0) is 0 Å². The normalized spacial score (nSPS) is 10.2. The molecule has 0 fully saturated rings. The minimum atomic E-state index is -0.258. The molecule has 2 aromatic carbocycles. The van der Waals surface area contributed by atoms with Gasteiger partial charge >= 0.3 is 0 Å². The first-order chi connectivity index (χ1) is 8.09. The first kappa shape index (κ1) is 11.2. The number of phenolic OH excluding ortho intramolecular Hbond substituents is 2. The monoisotopic (exact) mass is 228 g/mol. The molecule has 0 atom stereocenters. The molecule has 17 heavy (non-hydrogen) atoms. The maximum Gasteiger partial charge on any atom is 0.196 e. The molecule has 0 aliphatic heterocycles. The molecule has 3 nitrogen and oxygen atoms in total. The van der Waals surface area contributed by atoms with Gasteiger partial charge in [0.1, 0.15) is 11.5 Å². The van der Waals surface area contributed by atoms with Gasteiger partial charge in [-0.2, -0.15) is 0 Å². The van der Waals surface area contributed by atoms with Crippen LogP contribution >= 0.6 is 0 Å². The zero-order valence-corrected chi connectivity index (χ0v) is 9.34. The average molecular weight is 228 g/mol. The number of rotatable bonds is 2. The SMILES string of the molecule is Cc1cccc(C(=O)c2ccc(O)cc2)c1O. The van der Waals surface area contributed by atoms with Gasteiger partial charge in [-0.25, -0.2) is 0 Å². The Bertz CT molecular complexity index is 556. The number of phenols is 2. The van der Waals surface area contributed by atoms with Gasteiger partial charge in [0.05, 0.1) is 5.56 Å². The Labute approximate surface area is 99.0 Å². The lowest BCUT2D eigenvalue weighted by Crippen LogP contribution is -2.01. The molecular weight excluding hydrogens is 216 g/mol. The Balaban J connectivity index is 2.44. The highest BCUT2D eigenvalue weighted by Gasteiger charge is 2.14. The quantitative estimate of drug-likeness (QED) is 0.777. The molecule has 86 valence electrons. The number of hydrogen-bond donors (Lipinski definition) is 2. The molecule has 2 aromatic rings. The van der Waals surface area contributed by atoms with Crippen molar-refractivity contribution in [2.45, 2.75) is 6.92 Å². The Morgan fingerprint density at radius 3 is 2.29 bits per heavy atom. The first-order valence-corrected chi connectivity index (χ1v) is 5.22. The molecule has 0 amide bonds. The summed E-state index contributed by atoms with van der Waals surface area (Å²) in [5.41, 5.74) is 1.37. The van der Waals surface area contributed by atoms with E-state index in [2.05, 4.69) is 0 Å². The maximum atomic E-state index is 12.1.